The van der Waals surface area contributed by atoms with Gasteiger partial charge in [-0.25, -0.2) is 0 Å². The average molecular weight is 355 g/mol. The molecule has 1 amide bonds. The molecule has 0 aliphatic heterocycles. The lowest BCUT2D eigenvalue weighted by Gasteiger charge is -2.24. The van der Waals surface area contributed by atoms with E-state index in [2.05, 4.69) is 10.4 Å². The molecule has 0 bridgehead atoms. The molecule has 0 fully saturated rings. The van der Waals surface area contributed by atoms with Crippen LogP contribution < -0.4 is 5.32 Å². The molecule has 1 N–H and O–H groups in total. The van der Waals surface area contributed by atoms with Gasteiger partial charge in [0.1, 0.15) is 6.54 Å². The third-order valence-corrected chi connectivity index (χ3v) is 4.67. The summed E-state index contributed by atoms with van der Waals surface area (Å²) in [4.78, 5) is 24.1. The van der Waals surface area contributed by atoms with Crippen LogP contribution in [0.15, 0.2) is 36.5 Å². The van der Waals surface area contributed by atoms with Crippen molar-refractivity contribution < 1.29 is 14.3 Å². The average Bonchev–Trinajstić information content (AvgIpc) is 3.05. The number of carbonyl (C=O) groups excluding carboxylic acids is 2. The SMILES string of the molecule is CCOC(=O)Cn1ncc2c1CCC[C@@H]2NC(=O)CCc1ccccc1. The van der Waals surface area contributed by atoms with Crippen molar-refractivity contribution in [1.29, 1.82) is 0 Å². The van der Waals surface area contributed by atoms with Gasteiger partial charge in [0.25, 0.3) is 0 Å². The molecule has 0 saturated heterocycles. The fourth-order valence-electron chi connectivity index (χ4n) is 3.40. The fourth-order valence-corrected chi connectivity index (χ4v) is 3.40. The maximum Gasteiger partial charge on any atom is 0.327 e. The third kappa shape index (κ3) is 4.50. The third-order valence-electron chi connectivity index (χ3n) is 4.67. The summed E-state index contributed by atoms with van der Waals surface area (Å²) < 4.78 is 6.71. The largest absolute Gasteiger partial charge is 0.465 e. The number of fused-ring (bicyclic) bond motifs is 1. The first-order valence-corrected chi connectivity index (χ1v) is 9.21. The molecule has 0 saturated carbocycles. The van der Waals surface area contributed by atoms with Crippen LogP contribution in [0.5, 0.6) is 0 Å². The Bertz CT molecular complexity index is 755. The van der Waals surface area contributed by atoms with E-state index in [1.165, 1.54) is 0 Å². The standard InChI is InChI=1S/C20H25N3O3/c1-2-26-20(25)14-23-18-10-6-9-17(16(18)13-21-23)22-19(24)12-11-15-7-4-3-5-8-15/h3-5,7-8,13,17H,2,6,9-12,14H2,1H3,(H,22,24)/t17-/m0/s1. The van der Waals surface area contributed by atoms with E-state index >= 15 is 0 Å². The van der Waals surface area contributed by atoms with Gasteiger partial charge in [0, 0.05) is 17.7 Å². The number of amides is 1. The number of hydrogen-bond donors (Lipinski definition) is 1. The van der Waals surface area contributed by atoms with E-state index < -0.39 is 0 Å². The Hall–Kier alpha value is -2.63. The van der Waals surface area contributed by atoms with E-state index in [0.717, 1.165) is 42.5 Å². The summed E-state index contributed by atoms with van der Waals surface area (Å²) in [5.74, 6) is -0.239. The minimum Gasteiger partial charge on any atom is -0.465 e. The summed E-state index contributed by atoms with van der Waals surface area (Å²) in [6.07, 6.45) is 5.70. The predicted molar refractivity (Wildman–Crippen MR) is 97.4 cm³/mol. The van der Waals surface area contributed by atoms with Gasteiger partial charge >= 0.3 is 5.97 Å². The van der Waals surface area contributed by atoms with Crippen LogP contribution >= 0.6 is 0 Å². The summed E-state index contributed by atoms with van der Waals surface area (Å²) in [6, 6.07) is 9.98. The van der Waals surface area contributed by atoms with Crippen LogP contribution in [0.1, 0.15) is 49.0 Å². The molecule has 1 aromatic heterocycles. The molecule has 0 unspecified atom stereocenters. The lowest BCUT2D eigenvalue weighted by molar-refractivity contribution is -0.144. The quantitative estimate of drug-likeness (QED) is 0.775. The maximum atomic E-state index is 12.4. The van der Waals surface area contributed by atoms with Gasteiger partial charge in [0.05, 0.1) is 18.8 Å². The van der Waals surface area contributed by atoms with E-state index in [1.807, 2.05) is 30.3 Å². The molecular weight excluding hydrogens is 330 g/mol. The zero-order chi connectivity index (χ0) is 18.4. The Kier molecular flexibility index (Phi) is 6.04. The summed E-state index contributed by atoms with van der Waals surface area (Å²) in [7, 11) is 0. The normalized spacial score (nSPS) is 16.0. The molecular formula is C20H25N3O3. The van der Waals surface area contributed by atoms with Crippen LogP contribution in [-0.2, 0) is 33.7 Å². The summed E-state index contributed by atoms with van der Waals surface area (Å²) in [6.45, 7) is 2.28. The first-order valence-electron chi connectivity index (χ1n) is 9.21. The minimum absolute atomic E-state index is 0.0297. The van der Waals surface area contributed by atoms with Gasteiger partial charge in [-0.3, -0.25) is 14.3 Å². The zero-order valence-corrected chi connectivity index (χ0v) is 15.1. The number of nitrogens with zero attached hydrogens (tertiary/aromatic N) is 2. The van der Waals surface area contributed by atoms with Crippen LogP contribution in [0.2, 0.25) is 0 Å². The molecule has 1 aliphatic rings. The Morgan fingerprint density at radius 1 is 1.31 bits per heavy atom. The van der Waals surface area contributed by atoms with Crippen molar-refractivity contribution in [3.05, 3.63) is 53.3 Å². The summed E-state index contributed by atoms with van der Waals surface area (Å²) in [5, 5.41) is 7.46. The van der Waals surface area contributed by atoms with Crippen LogP contribution in [-0.4, -0.2) is 28.3 Å². The molecule has 1 heterocycles. The molecule has 3 rings (SSSR count). The lowest BCUT2D eigenvalue weighted by atomic mass is 9.92. The van der Waals surface area contributed by atoms with E-state index in [4.69, 9.17) is 4.74 Å². The number of benzene rings is 1. The van der Waals surface area contributed by atoms with E-state index in [-0.39, 0.29) is 24.5 Å². The molecule has 138 valence electrons. The van der Waals surface area contributed by atoms with E-state index in [0.29, 0.717) is 13.0 Å². The number of esters is 1. The van der Waals surface area contributed by atoms with E-state index in [1.54, 1.807) is 17.8 Å². The van der Waals surface area contributed by atoms with Gasteiger partial charge in [-0.15, -0.1) is 0 Å². The smallest absolute Gasteiger partial charge is 0.327 e. The number of carbonyl (C=O) groups is 2. The highest BCUT2D eigenvalue weighted by Crippen LogP contribution is 2.29. The second-order valence-corrected chi connectivity index (χ2v) is 6.51. The molecule has 2 aromatic rings. The monoisotopic (exact) mass is 355 g/mol. The van der Waals surface area contributed by atoms with Gasteiger partial charge in [-0.1, -0.05) is 30.3 Å². The minimum atomic E-state index is -0.285. The molecule has 26 heavy (non-hydrogen) atoms. The number of aromatic nitrogens is 2. The van der Waals surface area contributed by atoms with Crippen LogP contribution in [0, 0.1) is 0 Å². The molecule has 1 atom stereocenters. The van der Waals surface area contributed by atoms with Crippen molar-refractivity contribution >= 4 is 11.9 Å². The first-order chi connectivity index (χ1) is 12.7. The summed E-state index contributed by atoms with van der Waals surface area (Å²) >= 11 is 0. The molecule has 0 radical (unpaired) electrons. The number of hydrogen-bond acceptors (Lipinski definition) is 4. The van der Waals surface area contributed by atoms with Crippen molar-refractivity contribution in [2.24, 2.45) is 0 Å². The number of rotatable bonds is 7. The molecule has 1 aliphatic carbocycles. The van der Waals surface area contributed by atoms with Gasteiger partial charge in [0.15, 0.2) is 0 Å². The maximum absolute atomic E-state index is 12.4. The molecule has 6 nitrogen and oxygen atoms in total. The highest BCUT2D eigenvalue weighted by atomic mass is 16.5. The fraction of sp³-hybridized carbons (Fsp3) is 0.450. The predicted octanol–water partition coefficient (Wildman–Crippen LogP) is 2.57. The second-order valence-electron chi connectivity index (χ2n) is 6.51. The molecule has 0 spiro atoms. The topological polar surface area (TPSA) is 73.2 Å². The highest BCUT2D eigenvalue weighted by molar-refractivity contribution is 5.76. The lowest BCUT2D eigenvalue weighted by Crippen LogP contribution is -2.31. The Morgan fingerprint density at radius 3 is 2.88 bits per heavy atom. The van der Waals surface area contributed by atoms with E-state index in [9.17, 15) is 9.59 Å². The zero-order valence-electron chi connectivity index (χ0n) is 15.1. The summed E-state index contributed by atoms with van der Waals surface area (Å²) in [5.41, 5.74) is 3.21. The highest BCUT2D eigenvalue weighted by Gasteiger charge is 2.26. The van der Waals surface area contributed by atoms with Gasteiger partial charge in [-0.05, 0) is 38.2 Å². The van der Waals surface area contributed by atoms with Crippen molar-refractivity contribution in [1.82, 2.24) is 15.1 Å². The molecule has 6 heteroatoms. The van der Waals surface area contributed by atoms with Crippen molar-refractivity contribution in [3.63, 3.8) is 0 Å². The van der Waals surface area contributed by atoms with Gasteiger partial charge in [-0.2, -0.15) is 5.10 Å². The van der Waals surface area contributed by atoms with Crippen LogP contribution in [0.3, 0.4) is 0 Å². The number of ether oxygens (including phenoxy) is 1. The number of nitrogens with one attached hydrogen (secondary N) is 1. The van der Waals surface area contributed by atoms with Gasteiger partial charge < -0.3 is 10.1 Å². The van der Waals surface area contributed by atoms with Gasteiger partial charge in [0.2, 0.25) is 5.91 Å². The van der Waals surface area contributed by atoms with Crippen molar-refractivity contribution in [3.8, 4) is 0 Å². The van der Waals surface area contributed by atoms with Crippen LogP contribution in [0.25, 0.3) is 0 Å². The Balaban J connectivity index is 1.60. The van der Waals surface area contributed by atoms with Crippen molar-refractivity contribution in [2.45, 2.75) is 51.6 Å². The Labute approximate surface area is 153 Å². The van der Waals surface area contributed by atoms with Crippen molar-refractivity contribution in [2.75, 3.05) is 6.61 Å². The first kappa shape index (κ1) is 18.2. The number of aryl methyl sites for hydroxylation is 1. The second kappa shape index (κ2) is 8.65. The molecule has 1 aromatic carbocycles. The Morgan fingerprint density at radius 2 is 2.12 bits per heavy atom. The van der Waals surface area contributed by atoms with Crippen LogP contribution in [0.4, 0.5) is 0 Å².